The van der Waals surface area contributed by atoms with E-state index in [4.69, 9.17) is 9.97 Å². The molecule has 0 aliphatic carbocycles. The predicted molar refractivity (Wildman–Crippen MR) is 283 cm³/mol. The molecule has 334 valence electrons. The number of hydrogen-bond donors (Lipinski definition) is 0. The maximum absolute atomic E-state index is 10.3. The van der Waals surface area contributed by atoms with E-state index in [9.17, 15) is 31.6 Å². The van der Waals surface area contributed by atoms with Gasteiger partial charge in [0.15, 0.2) is 5.82 Å². The van der Waals surface area contributed by atoms with Crippen molar-refractivity contribution in [2.45, 2.75) is 0 Å². The summed E-state index contributed by atoms with van der Waals surface area (Å²) >= 11 is 0. The Morgan fingerprint density at radius 1 is 0.301 bits per heavy atom. The molecule has 0 bridgehead atoms. The molecule has 0 saturated carbocycles. The molecule has 0 N–H and O–H groups in total. The van der Waals surface area contributed by atoms with Gasteiger partial charge in [0, 0.05) is 38.6 Å². The monoisotopic (exact) mass is 927 g/mol. The third-order valence-electron chi connectivity index (χ3n) is 13.0. The molecule has 2 heterocycles. The zero-order chi connectivity index (χ0) is 50.0. The van der Waals surface area contributed by atoms with E-state index in [1.54, 1.807) is 48.5 Å². The van der Waals surface area contributed by atoms with Crippen molar-refractivity contribution in [1.29, 1.82) is 31.6 Å². The molecule has 9 aromatic carbocycles. The van der Waals surface area contributed by atoms with Gasteiger partial charge in [0.25, 0.3) is 0 Å². The molecule has 2 aromatic heterocycles. The van der Waals surface area contributed by atoms with E-state index in [1.165, 1.54) is 0 Å². The standard InChI is InChI=1S/C64H33N9/c65-34-40-9-7-15-46(25-40)55-31-50(60-33-59(44-11-3-1-4-12-44)71-64(72-60)45-13-5-2-6-14-45)32-56(47-16-8-10-41(26-47)35-66)63(55)73-61-23-19-48(53-21-17-42(36-67)27-51(53)38-69)29-57(61)58-30-49(20-24-62(58)73)54-22-18-43(37-68)28-52(54)39-70/h1-33H. The fourth-order valence-electron chi connectivity index (χ4n) is 9.56. The van der Waals surface area contributed by atoms with Gasteiger partial charge in [-0.15, -0.1) is 0 Å². The van der Waals surface area contributed by atoms with Crippen LogP contribution in [0.15, 0.2) is 200 Å². The Labute approximate surface area is 420 Å². The summed E-state index contributed by atoms with van der Waals surface area (Å²) in [4.78, 5) is 10.3. The average molecular weight is 928 g/mol. The molecule has 0 atom stereocenters. The molecule has 73 heavy (non-hydrogen) atoms. The second-order valence-electron chi connectivity index (χ2n) is 17.3. The van der Waals surface area contributed by atoms with E-state index in [1.807, 2.05) is 140 Å². The predicted octanol–water partition coefficient (Wildman–Crippen LogP) is 14.5. The molecule has 11 rings (SSSR count). The van der Waals surface area contributed by atoms with Gasteiger partial charge >= 0.3 is 0 Å². The van der Waals surface area contributed by atoms with Crippen LogP contribution in [0.1, 0.15) is 33.4 Å². The van der Waals surface area contributed by atoms with Crippen LogP contribution in [0.4, 0.5) is 0 Å². The number of nitrogens with zero attached hydrogens (tertiary/aromatic N) is 9. The van der Waals surface area contributed by atoms with Gasteiger partial charge in [-0.25, -0.2) is 9.97 Å². The van der Waals surface area contributed by atoms with Crippen LogP contribution in [0.25, 0.3) is 106 Å². The van der Waals surface area contributed by atoms with Gasteiger partial charge in [-0.3, -0.25) is 0 Å². The van der Waals surface area contributed by atoms with Gasteiger partial charge in [-0.2, -0.15) is 31.6 Å². The first-order chi connectivity index (χ1) is 35.9. The van der Waals surface area contributed by atoms with Crippen molar-refractivity contribution in [3.8, 4) is 121 Å². The lowest BCUT2D eigenvalue weighted by molar-refractivity contribution is 1.17. The Bertz CT molecular complexity index is 4070. The Morgan fingerprint density at radius 2 is 0.726 bits per heavy atom. The van der Waals surface area contributed by atoms with Crippen molar-refractivity contribution in [2.75, 3.05) is 0 Å². The summed E-state index contributed by atoms with van der Waals surface area (Å²) in [6, 6.07) is 76.7. The lowest BCUT2D eigenvalue weighted by Crippen LogP contribution is -2.03. The number of hydrogen-bond acceptors (Lipinski definition) is 8. The van der Waals surface area contributed by atoms with E-state index in [0.29, 0.717) is 56.0 Å². The highest BCUT2D eigenvalue weighted by Crippen LogP contribution is 2.46. The largest absolute Gasteiger partial charge is 0.308 e. The number of benzene rings is 9. The Balaban J connectivity index is 1.28. The van der Waals surface area contributed by atoms with Crippen LogP contribution in [0.5, 0.6) is 0 Å². The van der Waals surface area contributed by atoms with Crippen molar-refractivity contribution in [3.05, 3.63) is 234 Å². The van der Waals surface area contributed by atoms with Crippen molar-refractivity contribution < 1.29 is 0 Å². The first-order valence-electron chi connectivity index (χ1n) is 23.1. The minimum atomic E-state index is 0.351. The lowest BCUT2D eigenvalue weighted by atomic mass is 9.90. The minimum Gasteiger partial charge on any atom is -0.308 e. The lowest BCUT2D eigenvalue weighted by Gasteiger charge is -2.22. The summed E-state index contributed by atoms with van der Waals surface area (Å²) in [6.07, 6.45) is 0. The number of nitriles is 6. The van der Waals surface area contributed by atoms with E-state index < -0.39 is 0 Å². The molecule has 0 aliphatic heterocycles. The highest BCUT2D eigenvalue weighted by Gasteiger charge is 2.25. The molecule has 0 saturated heterocycles. The molecule has 0 aliphatic rings. The van der Waals surface area contributed by atoms with Crippen LogP contribution >= 0.6 is 0 Å². The van der Waals surface area contributed by atoms with Crippen LogP contribution in [-0.4, -0.2) is 14.5 Å². The normalized spacial score (nSPS) is 10.7. The molecule has 9 nitrogen and oxygen atoms in total. The zero-order valence-corrected chi connectivity index (χ0v) is 38.6. The van der Waals surface area contributed by atoms with Gasteiger partial charge in [0.2, 0.25) is 0 Å². The summed E-state index contributed by atoms with van der Waals surface area (Å²) in [5.74, 6) is 0.541. The maximum atomic E-state index is 10.3. The van der Waals surface area contributed by atoms with Crippen LogP contribution in [0.3, 0.4) is 0 Å². The van der Waals surface area contributed by atoms with E-state index in [2.05, 4.69) is 53.1 Å². The molecular formula is C64H33N9. The van der Waals surface area contributed by atoms with E-state index in [0.717, 1.165) is 83.3 Å². The molecule has 0 spiro atoms. The fourth-order valence-corrected chi connectivity index (χ4v) is 9.56. The van der Waals surface area contributed by atoms with Gasteiger partial charge in [0.1, 0.15) is 0 Å². The second kappa shape index (κ2) is 18.7. The Morgan fingerprint density at radius 3 is 1.19 bits per heavy atom. The van der Waals surface area contributed by atoms with Gasteiger partial charge in [0.05, 0.1) is 97.9 Å². The van der Waals surface area contributed by atoms with Crippen molar-refractivity contribution in [3.63, 3.8) is 0 Å². The fraction of sp³-hybridized carbons (Fsp3) is 0. The van der Waals surface area contributed by atoms with E-state index >= 15 is 0 Å². The molecule has 0 radical (unpaired) electrons. The van der Waals surface area contributed by atoms with Gasteiger partial charge < -0.3 is 4.57 Å². The number of fused-ring (bicyclic) bond motifs is 3. The number of aromatic nitrogens is 3. The van der Waals surface area contributed by atoms with Crippen molar-refractivity contribution in [1.82, 2.24) is 14.5 Å². The molecule has 9 heteroatoms. The van der Waals surface area contributed by atoms with Crippen molar-refractivity contribution in [2.24, 2.45) is 0 Å². The van der Waals surface area contributed by atoms with Gasteiger partial charge in [-0.1, -0.05) is 109 Å². The summed E-state index contributed by atoms with van der Waals surface area (Å²) in [7, 11) is 0. The van der Waals surface area contributed by atoms with Crippen LogP contribution in [-0.2, 0) is 0 Å². The maximum Gasteiger partial charge on any atom is 0.160 e. The minimum absolute atomic E-state index is 0.351. The summed E-state index contributed by atoms with van der Waals surface area (Å²) < 4.78 is 2.20. The first-order valence-corrected chi connectivity index (χ1v) is 23.1. The quantitative estimate of drug-likeness (QED) is 0.145. The highest BCUT2D eigenvalue weighted by atomic mass is 15.0. The molecule has 0 unspecified atom stereocenters. The average Bonchev–Trinajstić information content (AvgIpc) is 3.79. The smallest absolute Gasteiger partial charge is 0.160 e. The molecular weight excluding hydrogens is 895 g/mol. The second-order valence-corrected chi connectivity index (χ2v) is 17.3. The van der Waals surface area contributed by atoms with Crippen LogP contribution in [0, 0.1) is 68.0 Å². The molecule has 0 fully saturated rings. The Kier molecular flexibility index (Phi) is 11.4. The zero-order valence-electron chi connectivity index (χ0n) is 38.6. The number of rotatable bonds is 8. The molecule has 0 amide bonds. The van der Waals surface area contributed by atoms with Crippen molar-refractivity contribution >= 4 is 21.8 Å². The third kappa shape index (κ3) is 8.13. The first kappa shape index (κ1) is 44.3. The highest BCUT2D eigenvalue weighted by molar-refractivity contribution is 6.13. The summed E-state index contributed by atoms with van der Waals surface area (Å²) in [6.45, 7) is 0. The van der Waals surface area contributed by atoms with Crippen LogP contribution in [0.2, 0.25) is 0 Å². The summed E-state index contributed by atoms with van der Waals surface area (Å²) in [5.41, 5.74) is 14.5. The Hall–Kier alpha value is -11.2. The van der Waals surface area contributed by atoms with Gasteiger partial charge in [-0.05, 0) is 124 Å². The third-order valence-corrected chi connectivity index (χ3v) is 13.0. The SMILES string of the molecule is N#Cc1cccc(-c2cc(-c3cc(-c4ccccc4)nc(-c4ccccc4)n3)cc(-c3cccc(C#N)c3)c2-n2c3ccc(-c4ccc(C#N)cc4C#N)cc3c3cc(-c4ccc(C#N)cc4C#N)ccc32)c1. The summed E-state index contributed by atoms with van der Waals surface area (Å²) in [5, 5.41) is 62.4. The topological polar surface area (TPSA) is 173 Å². The van der Waals surface area contributed by atoms with Crippen LogP contribution < -0.4 is 0 Å². The molecule has 11 aromatic rings. The van der Waals surface area contributed by atoms with E-state index in [-0.39, 0.29) is 0 Å².